The standard InChI is InChI=1S/C19H32N8O9/c20-19(21)22-6-2-3-11(27-15(31)9-23-12(28)4-1-5-16(32)33)18(36)26-8-14(30)24-7-13(29)25-10-17(34)35/h11H,1-10H2,(H,23,28)(H,24,30)(H,25,29)(H,26,36)(H,27,31)(H,32,33)(H,34,35)(H4,20,21,22). The Kier molecular flexibility index (Phi) is 15.7. The Balaban J connectivity index is 4.69. The van der Waals surface area contributed by atoms with Crippen molar-refractivity contribution in [3.05, 3.63) is 0 Å². The molecule has 17 heteroatoms. The Morgan fingerprint density at radius 1 is 0.667 bits per heavy atom. The molecule has 1 atom stereocenters. The number of aliphatic carboxylic acids is 2. The second-order valence-electron chi connectivity index (χ2n) is 7.26. The molecule has 0 aromatic heterocycles. The zero-order chi connectivity index (χ0) is 27.5. The van der Waals surface area contributed by atoms with E-state index in [0.717, 1.165) is 0 Å². The minimum atomic E-state index is -1.26. The highest BCUT2D eigenvalue weighted by molar-refractivity contribution is 5.93. The monoisotopic (exact) mass is 516 g/mol. The van der Waals surface area contributed by atoms with Gasteiger partial charge in [-0.3, -0.25) is 38.6 Å². The van der Waals surface area contributed by atoms with Crippen LogP contribution in [0.15, 0.2) is 4.99 Å². The first-order valence-electron chi connectivity index (χ1n) is 10.8. The normalized spacial score (nSPS) is 10.8. The Morgan fingerprint density at radius 2 is 1.22 bits per heavy atom. The van der Waals surface area contributed by atoms with Crippen LogP contribution in [-0.2, 0) is 33.6 Å². The highest BCUT2D eigenvalue weighted by Crippen LogP contribution is 1.99. The molecule has 0 saturated heterocycles. The van der Waals surface area contributed by atoms with Crippen LogP contribution in [0.5, 0.6) is 0 Å². The van der Waals surface area contributed by atoms with Gasteiger partial charge in [-0.05, 0) is 19.3 Å². The smallest absolute Gasteiger partial charge is 0.322 e. The summed E-state index contributed by atoms with van der Waals surface area (Å²) in [5.74, 6) is -5.92. The Bertz CT molecular complexity index is 843. The number of amides is 5. The van der Waals surface area contributed by atoms with Crippen LogP contribution in [0.2, 0.25) is 0 Å². The average Bonchev–Trinajstić information content (AvgIpc) is 2.79. The number of carbonyl (C=O) groups is 7. The molecule has 0 rings (SSSR count). The van der Waals surface area contributed by atoms with Crippen LogP contribution >= 0.6 is 0 Å². The molecular weight excluding hydrogens is 484 g/mol. The van der Waals surface area contributed by atoms with Gasteiger partial charge in [-0.2, -0.15) is 0 Å². The fourth-order valence-electron chi connectivity index (χ4n) is 2.45. The molecule has 0 aliphatic carbocycles. The molecule has 5 amide bonds. The Morgan fingerprint density at radius 3 is 1.81 bits per heavy atom. The lowest BCUT2D eigenvalue weighted by atomic mass is 10.1. The zero-order valence-corrected chi connectivity index (χ0v) is 19.5. The van der Waals surface area contributed by atoms with Crippen molar-refractivity contribution in [2.75, 3.05) is 32.7 Å². The molecule has 0 radical (unpaired) electrons. The van der Waals surface area contributed by atoms with Crippen LogP contribution < -0.4 is 38.1 Å². The molecule has 0 aromatic carbocycles. The maximum atomic E-state index is 12.5. The van der Waals surface area contributed by atoms with Crippen LogP contribution in [0, 0.1) is 0 Å². The fraction of sp³-hybridized carbons (Fsp3) is 0.579. The van der Waals surface area contributed by atoms with Crippen molar-refractivity contribution in [1.82, 2.24) is 26.6 Å². The van der Waals surface area contributed by atoms with E-state index in [0.29, 0.717) is 0 Å². The van der Waals surface area contributed by atoms with E-state index in [4.69, 9.17) is 21.7 Å². The van der Waals surface area contributed by atoms with Crippen molar-refractivity contribution >= 4 is 47.4 Å². The van der Waals surface area contributed by atoms with Crippen LogP contribution in [-0.4, -0.2) is 96.4 Å². The van der Waals surface area contributed by atoms with Gasteiger partial charge in [0.05, 0.1) is 19.6 Å². The molecule has 0 bridgehead atoms. The number of aliphatic imine (C=N–C) groups is 1. The summed E-state index contributed by atoms with van der Waals surface area (Å²) in [7, 11) is 0. The minimum absolute atomic E-state index is 0.0835. The summed E-state index contributed by atoms with van der Waals surface area (Å²) in [4.78, 5) is 84.2. The van der Waals surface area contributed by atoms with E-state index in [1.54, 1.807) is 0 Å². The first-order chi connectivity index (χ1) is 16.9. The van der Waals surface area contributed by atoms with Crippen molar-refractivity contribution in [2.24, 2.45) is 16.5 Å². The van der Waals surface area contributed by atoms with Gasteiger partial charge >= 0.3 is 11.9 Å². The molecule has 0 aliphatic heterocycles. The number of nitrogens with zero attached hydrogens (tertiary/aromatic N) is 1. The van der Waals surface area contributed by atoms with Gasteiger partial charge in [0.1, 0.15) is 12.6 Å². The Hall–Kier alpha value is -4.44. The van der Waals surface area contributed by atoms with Gasteiger partial charge in [-0.1, -0.05) is 0 Å². The molecule has 0 saturated carbocycles. The molecule has 11 N–H and O–H groups in total. The van der Waals surface area contributed by atoms with Gasteiger partial charge in [-0.15, -0.1) is 0 Å². The summed E-state index contributed by atoms with van der Waals surface area (Å²) in [6.07, 6.45) is 0.180. The fourth-order valence-corrected chi connectivity index (χ4v) is 2.45. The second kappa shape index (κ2) is 18.0. The maximum absolute atomic E-state index is 12.5. The third-order valence-electron chi connectivity index (χ3n) is 4.14. The number of carboxylic acids is 2. The zero-order valence-electron chi connectivity index (χ0n) is 19.5. The SMILES string of the molecule is NC(N)=NCCCC(NC(=O)CNC(=O)CCCC(=O)O)C(=O)NCC(=O)NCC(=O)NCC(=O)O. The third kappa shape index (κ3) is 18.0. The first-order valence-corrected chi connectivity index (χ1v) is 10.8. The number of hydrogen-bond donors (Lipinski definition) is 9. The topological polar surface area (TPSA) is 284 Å². The molecule has 0 fully saturated rings. The van der Waals surface area contributed by atoms with Crippen molar-refractivity contribution in [3.63, 3.8) is 0 Å². The summed E-state index contributed by atoms with van der Waals surface area (Å²) < 4.78 is 0. The van der Waals surface area contributed by atoms with E-state index in [2.05, 4.69) is 26.3 Å². The van der Waals surface area contributed by atoms with Gasteiger partial charge in [0.15, 0.2) is 5.96 Å². The molecule has 0 aliphatic rings. The lowest BCUT2D eigenvalue weighted by Gasteiger charge is -2.18. The largest absolute Gasteiger partial charge is 0.481 e. The van der Waals surface area contributed by atoms with Crippen molar-refractivity contribution in [1.29, 1.82) is 0 Å². The number of hydrogen-bond acceptors (Lipinski definition) is 8. The maximum Gasteiger partial charge on any atom is 0.322 e. The summed E-state index contributed by atoms with van der Waals surface area (Å²) in [6.45, 7) is -1.96. The van der Waals surface area contributed by atoms with Crippen LogP contribution in [0.1, 0.15) is 32.1 Å². The number of carboxylic acid groups (broad SMARTS) is 2. The quantitative estimate of drug-likeness (QED) is 0.0474. The number of nitrogens with one attached hydrogen (secondary N) is 5. The number of carbonyl (C=O) groups excluding carboxylic acids is 5. The van der Waals surface area contributed by atoms with E-state index >= 15 is 0 Å². The minimum Gasteiger partial charge on any atom is -0.481 e. The van der Waals surface area contributed by atoms with Gasteiger partial charge in [-0.25, -0.2) is 0 Å². The second-order valence-corrected chi connectivity index (χ2v) is 7.26. The van der Waals surface area contributed by atoms with E-state index in [1.807, 2.05) is 5.32 Å². The highest BCUT2D eigenvalue weighted by atomic mass is 16.4. The van der Waals surface area contributed by atoms with Gasteiger partial charge < -0.3 is 48.3 Å². The molecule has 0 spiro atoms. The lowest BCUT2D eigenvalue weighted by Crippen LogP contribution is -2.51. The summed E-state index contributed by atoms with van der Waals surface area (Å²) in [5, 5.41) is 28.3. The van der Waals surface area contributed by atoms with Gasteiger partial charge in [0, 0.05) is 19.4 Å². The number of rotatable bonds is 18. The van der Waals surface area contributed by atoms with E-state index in [1.165, 1.54) is 0 Å². The molecule has 17 nitrogen and oxygen atoms in total. The van der Waals surface area contributed by atoms with Crippen LogP contribution in [0.25, 0.3) is 0 Å². The average molecular weight is 517 g/mol. The first kappa shape index (κ1) is 31.6. The molecular formula is C19H32N8O9. The predicted octanol–water partition coefficient (Wildman–Crippen LogP) is -4.67. The van der Waals surface area contributed by atoms with Crippen LogP contribution in [0.4, 0.5) is 0 Å². The van der Waals surface area contributed by atoms with Gasteiger partial charge in [0.2, 0.25) is 29.5 Å². The predicted molar refractivity (Wildman–Crippen MR) is 123 cm³/mol. The van der Waals surface area contributed by atoms with Crippen molar-refractivity contribution in [2.45, 2.75) is 38.1 Å². The summed E-state index contributed by atoms with van der Waals surface area (Å²) >= 11 is 0. The molecule has 36 heavy (non-hydrogen) atoms. The van der Waals surface area contributed by atoms with Crippen molar-refractivity contribution in [3.8, 4) is 0 Å². The van der Waals surface area contributed by atoms with Gasteiger partial charge in [0.25, 0.3) is 0 Å². The molecule has 1 unspecified atom stereocenters. The Labute approximate surface area is 205 Å². The van der Waals surface area contributed by atoms with E-state index < -0.39 is 73.7 Å². The summed E-state index contributed by atoms with van der Waals surface area (Å²) in [6, 6.07) is -1.11. The molecule has 0 heterocycles. The third-order valence-corrected chi connectivity index (χ3v) is 4.14. The number of guanidine groups is 1. The van der Waals surface area contributed by atoms with Crippen LogP contribution in [0.3, 0.4) is 0 Å². The molecule has 202 valence electrons. The van der Waals surface area contributed by atoms with E-state index in [-0.39, 0.29) is 44.6 Å². The number of nitrogens with two attached hydrogens (primary N) is 2. The lowest BCUT2D eigenvalue weighted by molar-refractivity contribution is -0.138. The van der Waals surface area contributed by atoms with E-state index in [9.17, 15) is 33.6 Å². The van der Waals surface area contributed by atoms with Crippen molar-refractivity contribution < 1.29 is 43.8 Å². The molecule has 0 aromatic rings. The summed E-state index contributed by atoms with van der Waals surface area (Å²) in [5.41, 5.74) is 10.5. The highest BCUT2D eigenvalue weighted by Gasteiger charge is 2.21.